The summed E-state index contributed by atoms with van der Waals surface area (Å²) in [6.45, 7) is 6.33. The summed E-state index contributed by atoms with van der Waals surface area (Å²) in [5.41, 5.74) is 2.10. The van der Waals surface area contributed by atoms with Gasteiger partial charge in [-0.2, -0.15) is 0 Å². The minimum absolute atomic E-state index is 0.396. The van der Waals surface area contributed by atoms with Gasteiger partial charge in [0.25, 0.3) is 0 Å². The molecule has 1 aromatic rings. The summed E-state index contributed by atoms with van der Waals surface area (Å²) in [7, 11) is 0. The molecule has 0 bridgehead atoms. The lowest BCUT2D eigenvalue weighted by Crippen LogP contribution is -2.02. The number of aromatic nitrogens is 2. The maximum Gasteiger partial charge on any atom is 0.143 e. The van der Waals surface area contributed by atoms with Crippen molar-refractivity contribution in [2.75, 3.05) is 0 Å². The second-order valence-corrected chi connectivity index (χ2v) is 3.92. The van der Waals surface area contributed by atoms with Crippen LogP contribution in [0.5, 0.6) is 0 Å². The Hall–Kier alpha value is -0.630. The van der Waals surface area contributed by atoms with Gasteiger partial charge in [-0.25, -0.2) is 9.97 Å². The summed E-state index contributed by atoms with van der Waals surface area (Å²) in [5, 5.41) is 0. The van der Waals surface area contributed by atoms with Crippen LogP contribution in [0.3, 0.4) is 0 Å². The average Bonchev–Trinajstić information content (AvgIpc) is 2.01. The highest BCUT2D eigenvalue weighted by molar-refractivity contribution is 6.16. The SMILES string of the molecule is Cc1cc(CC(C)C)nc(CCl)n1. The molecule has 1 rings (SSSR count). The number of hydrogen-bond donors (Lipinski definition) is 0. The quantitative estimate of drug-likeness (QED) is 0.698. The van der Waals surface area contributed by atoms with Crippen molar-refractivity contribution in [1.82, 2.24) is 9.97 Å². The molecular weight excluding hydrogens is 184 g/mol. The van der Waals surface area contributed by atoms with E-state index in [0.717, 1.165) is 23.6 Å². The molecular formula is C10H15ClN2. The number of rotatable bonds is 3. The summed E-state index contributed by atoms with van der Waals surface area (Å²) in [6, 6.07) is 2.02. The van der Waals surface area contributed by atoms with Gasteiger partial charge in [-0.05, 0) is 25.3 Å². The normalized spacial score (nSPS) is 10.8. The zero-order valence-corrected chi connectivity index (χ0v) is 9.10. The first-order valence-electron chi connectivity index (χ1n) is 4.51. The second-order valence-electron chi connectivity index (χ2n) is 3.65. The number of nitrogens with zero attached hydrogens (tertiary/aromatic N) is 2. The van der Waals surface area contributed by atoms with Gasteiger partial charge in [0, 0.05) is 11.4 Å². The summed E-state index contributed by atoms with van der Waals surface area (Å²) < 4.78 is 0. The van der Waals surface area contributed by atoms with Gasteiger partial charge in [0.2, 0.25) is 0 Å². The zero-order valence-electron chi connectivity index (χ0n) is 8.34. The van der Waals surface area contributed by atoms with Gasteiger partial charge in [-0.3, -0.25) is 0 Å². The lowest BCUT2D eigenvalue weighted by atomic mass is 10.1. The third-order valence-corrected chi connectivity index (χ3v) is 1.93. The molecule has 0 aliphatic carbocycles. The minimum atomic E-state index is 0.396. The number of hydrogen-bond acceptors (Lipinski definition) is 2. The summed E-state index contributed by atoms with van der Waals surface area (Å²) in [5.74, 6) is 1.75. The Morgan fingerprint density at radius 1 is 1.38 bits per heavy atom. The molecule has 0 aliphatic rings. The molecule has 0 N–H and O–H groups in total. The fourth-order valence-corrected chi connectivity index (χ4v) is 1.40. The first-order valence-corrected chi connectivity index (χ1v) is 5.04. The highest BCUT2D eigenvalue weighted by atomic mass is 35.5. The molecule has 0 atom stereocenters. The molecule has 3 heteroatoms. The molecule has 1 aromatic heterocycles. The second kappa shape index (κ2) is 4.56. The van der Waals surface area contributed by atoms with Gasteiger partial charge in [0.15, 0.2) is 0 Å². The molecule has 0 saturated carbocycles. The van der Waals surface area contributed by atoms with E-state index in [1.807, 2.05) is 13.0 Å². The number of halogens is 1. The molecule has 0 aromatic carbocycles. The molecule has 2 nitrogen and oxygen atoms in total. The maximum atomic E-state index is 5.68. The molecule has 0 radical (unpaired) electrons. The van der Waals surface area contributed by atoms with Crippen LogP contribution in [0.4, 0.5) is 0 Å². The van der Waals surface area contributed by atoms with Gasteiger partial charge >= 0.3 is 0 Å². The average molecular weight is 199 g/mol. The summed E-state index contributed by atoms with van der Waals surface area (Å²) >= 11 is 5.68. The van der Waals surface area contributed by atoms with Crippen LogP contribution in [0.15, 0.2) is 6.07 Å². The van der Waals surface area contributed by atoms with E-state index in [9.17, 15) is 0 Å². The highest BCUT2D eigenvalue weighted by Gasteiger charge is 2.03. The third-order valence-electron chi connectivity index (χ3n) is 1.69. The van der Waals surface area contributed by atoms with Crippen LogP contribution in [0, 0.1) is 12.8 Å². The van der Waals surface area contributed by atoms with E-state index < -0.39 is 0 Å². The van der Waals surface area contributed by atoms with Crippen molar-refractivity contribution in [3.8, 4) is 0 Å². The molecule has 0 fully saturated rings. The Labute approximate surface area is 84.4 Å². The smallest absolute Gasteiger partial charge is 0.143 e. The molecule has 0 saturated heterocycles. The number of alkyl halides is 1. The van der Waals surface area contributed by atoms with E-state index in [1.165, 1.54) is 0 Å². The predicted molar refractivity (Wildman–Crippen MR) is 54.9 cm³/mol. The van der Waals surface area contributed by atoms with E-state index in [1.54, 1.807) is 0 Å². The van der Waals surface area contributed by atoms with Crippen molar-refractivity contribution in [3.05, 3.63) is 23.3 Å². The van der Waals surface area contributed by atoms with Crippen molar-refractivity contribution >= 4 is 11.6 Å². The summed E-state index contributed by atoms with van der Waals surface area (Å²) in [6.07, 6.45) is 0.993. The largest absolute Gasteiger partial charge is 0.237 e. The fraction of sp³-hybridized carbons (Fsp3) is 0.600. The van der Waals surface area contributed by atoms with E-state index in [4.69, 9.17) is 11.6 Å². The number of aryl methyl sites for hydroxylation is 1. The van der Waals surface area contributed by atoms with Gasteiger partial charge in [-0.1, -0.05) is 13.8 Å². The molecule has 0 amide bonds. The molecule has 0 aliphatic heterocycles. The van der Waals surface area contributed by atoms with Crippen LogP contribution < -0.4 is 0 Å². The van der Waals surface area contributed by atoms with Crippen molar-refractivity contribution in [3.63, 3.8) is 0 Å². The van der Waals surface area contributed by atoms with Crippen LogP contribution in [0.2, 0.25) is 0 Å². The van der Waals surface area contributed by atoms with Crippen LogP contribution >= 0.6 is 11.6 Å². The first kappa shape index (κ1) is 10.5. The Morgan fingerprint density at radius 3 is 2.62 bits per heavy atom. The Balaban J connectivity index is 2.88. The lowest BCUT2D eigenvalue weighted by Gasteiger charge is -2.06. The molecule has 0 unspecified atom stereocenters. The standard InChI is InChI=1S/C10H15ClN2/c1-7(2)4-9-5-8(3)12-10(6-11)13-9/h5,7H,4,6H2,1-3H3. The first-order chi connectivity index (χ1) is 6.11. The van der Waals surface area contributed by atoms with E-state index in [-0.39, 0.29) is 0 Å². The monoisotopic (exact) mass is 198 g/mol. The van der Waals surface area contributed by atoms with Gasteiger partial charge < -0.3 is 0 Å². The molecule has 1 heterocycles. The third kappa shape index (κ3) is 3.31. The lowest BCUT2D eigenvalue weighted by molar-refractivity contribution is 0.630. The fourth-order valence-electron chi connectivity index (χ4n) is 1.28. The van der Waals surface area contributed by atoms with Crippen molar-refractivity contribution in [2.24, 2.45) is 5.92 Å². The highest BCUT2D eigenvalue weighted by Crippen LogP contribution is 2.08. The zero-order chi connectivity index (χ0) is 9.84. The molecule has 13 heavy (non-hydrogen) atoms. The maximum absolute atomic E-state index is 5.68. The Morgan fingerprint density at radius 2 is 2.08 bits per heavy atom. The predicted octanol–water partition coefficient (Wildman–Crippen LogP) is 2.72. The van der Waals surface area contributed by atoms with Crippen molar-refractivity contribution in [1.29, 1.82) is 0 Å². The van der Waals surface area contributed by atoms with Crippen molar-refractivity contribution < 1.29 is 0 Å². The van der Waals surface area contributed by atoms with Crippen LogP contribution in [0.25, 0.3) is 0 Å². The van der Waals surface area contributed by atoms with Crippen molar-refractivity contribution in [2.45, 2.75) is 33.1 Å². The molecule has 0 spiro atoms. The van der Waals surface area contributed by atoms with Crippen LogP contribution in [0.1, 0.15) is 31.1 Å². The summed E-state index contributed by atoms with van der Waals surface area (Å²) in [4.78, 5) is 8.57. The van der Waals surface area contributed by atoms with Crippen LogP contribution in [-0.4, -0.2) is 9.97 Å². The minimum Gasteiger partial charge on any atom is -0.237 e. The van der Waals surface area contributed by atoms with E-state index >= 15 is 0 Å². The van der Waals surface area contributed by atoms with E-state index in [2.05, 4.69) is 23.8 Å². The van der Waals surface area contributed by atoms with Crippen LogP contribution in [-0.2, 0) is 12.3 Å². The Bertz CT molecular complexity index is 284. The topological polar surface area (TPSA) is 25.8 Å². The van der Waals surface area contributed by atoms with Gasteiger partial charge in [0.1, 0.15) is 5.82 Å². The van der Waals surface area contributed by atoms with Gasteiger partial charge in [0.05, 0.1) is 5.88 Å². The van der Waals surface area contributed by atoms with Gasteiger partial charge in [-0.15, -0.1) is 11.6 Å². The molecule has 72 valence electrons. The Kier molecular flexibility index (Phi) is 3.67. The van der Waals surface area contributed by atoms with E-state index in [0.29, 0.717) is 11.8 Å².